The van der Waals surface area contributed by atoms with Crippen LogP contribution < -0.4 is 0 Å². The largest absolute Gasteiger partial charge is 0.381 e. The van der Waals surface area contributed by atoms with Gasteiger partial charge in [-0.2, -0.15) is 0 Å². The molecule has 0 amide bonds. The molecule has 2 nitrogen and oxygen atoms in total. The van der Waals surface area contributed by atoms with Gasteiger partial charge in [0.15, 0.2) is 0 Å². The second-order valence-corrected chi connectivity index (χ2v) is 2.57. The molecule has 0 atom stereocenters. The first-order valence-corrected chi connectivity index (χ1v) is 4.19. The van der Waals surface area contributed by atoms with E-state index < -0.39 is 0 Å². The van der Waals surface area contributed by atoms with Crippen LogP contribution in [0.5, 0.6) is 0 Å². The highest BCUT2D eigenvalue weighted by Crippen LogP contribution is 1.97. The van der Waals surface area contributed by atoms with Crippen LogP contribution in [-0.2, 0) is 11.2 Å². The molecule has 0 fully saturated rings. The average molecular weight is 164 g/mol. The van der Waals surface area contributed by atoms with E-state index in [1.165, 1.54) is 5.56 Å². The lowest BCUT2D eigenvalue weighted by Gasteiger charge is -2.01. The van der Waals surface area contributed by atoms with Crippen molar-refractivity contribution in [1.82, 2.24) is 4.98 Å². The molecule has 0 N–H and O–H groups in total. The standard InChI is InChI=1S/C10H14NO/c1-2-8-12-9-5-10-3-6-11-7-4-10/h3-4,6-7H,1-2,5,8-9H2. The summed E-state index contributed by atoms with van der Waals surface area (Å²) in [6, 6.07) is 4.01. The molecule has 1 aromatic heterocycles. The predicted molar refractivity (Wildman–Crippen MR) is 48.7 cm³/mol. The van der Waals surface area contributed by atoms with Crippen molar-refractivity contribution in [3.05, 3.63) is 37.0 Å². The Labute approximate surface area is 73.6 Å². The lowest BCUT2D eigenvalue weighted by Crippen LogP contribution is -1.99. The van der Waals surface area contributed by atoms with E-state index in [0.29, 0.717) is 0 Å². The monoisotopic (exact) mass is 164 g/mol. The van der Waals surface area contributed by atoms with Crippen molar-refractivity contribution in [3.8, 4) is 0 Å². The van der Waals surface area contributed by atoms with E-state index in [-0.39, 0.29) is 0 Å². The SMILES string of the molecule is [CH2]CCOCCc1ccncc1. The van der Waals surface area contributed by atoms with Crippen molar-refractivity contribution in [2.45, 2.75) is 12.8 Å². The number of ether oxygens (including phenoxy) is 1. The first-order chi connectivity index (χ1) is 5.93. The zero-order valence-electron chi connectivity index (χ0n) is 7.20. The van der Waals surface area contributed by atoms with Crippen molar-refractivity contribution in [1.29, 1.82) is 0 Å². The summed E-state index contributed by atoms with van der Waals surface area (Å²) < 4.78 is 5.30. The lowest BCUT2D eigenvalue weighted by molar-refractivity contribution is 0.141. The topological polar surface area (TPSA) is 22.1 Å². The molecule has 1 radical (unpaired) electrons. The molecular formula is C10H14NO. The fourth-order valence-electron chi connectivity index (χ4n) is 0.944. The minimum absolute atomic E-state index is 0.755. The number of aromatic nitrogens is 1. The fraction of sp³-hybridized carbons (Fsp3) is 0.400. The van der Waals surface area contributed by atoms with Crippen LogP contribution in [0.4, 0.5) is 0 Å². The van der Waals surface area contributed by atoms with Crippen LogP contribution in [0.25, 0.3) is 0 Å². The lowest BCUT2D eigenvalue weighted by atomic mass is 10.2. The molecule has 0 aromatic carbocycles. The van der Waals surface area contributed by atoms with Crippen molar-refractivity contribution < 1.29 is 4.74 Å². The Morgan fingerprint density at radius 1 is 1.25 bits per heavy atom. The first-order valence-electron chi connectivity index (χ1n) is 4.19. The summed E-state index contributed by atoms with van der Waals surface area (Å²) in [5.74, 6) is 0. The zero-order valence-corrected chi connectivity index (χ0v) is 7.20. The maximum Gasteiger partial charge on any atom is 0.0506 e. The van der Waals surface area contributed by atoms with E-state index in [1.807, 2.05) is 12.1 Å². The second kappa shape index (κ2) is 5.72. The third-order valence-electron chi connectivity index (χ3n) is 1.57. The van der Waals surface area contributed by atoms with Crippen LogP contribution in [0, 0.1) is 6.92 Å². The Morgan fingerprint density at radius 2 is 2.00 bits per heavy atom. The van der Waals surface area contributed by atoms with E-state index in [4.69, 9.17) is 4.74 Å². The maximum atomic E-state index is 5.30. The van der Waals surface area contributed by atoms with Gasteiger partial charge in [0.05, 0.1) is 6.61 Å². The van der Waals surface area contributed by atoms with Gasteiger partial charge in [0, 0.05) is 19.0 Å². The smallest absolute Gasteiger partial charge is 0.0506 e. The summed E-state index contributed by atoms with van der Waals surface area (Å²) in [6.07, 6.45) is 5.41. The highest BCUT2D eigenvalue weighted by molar-refractivity contribution is 5.09. The van der Waals surface area contributed by atoms with Crippen LogP contribution in [0.2, 0.25) is 0 Å². The van der Waals surface area contributed by atoms with E-state index in [0.717, 1.165) is 26.1 Å². The number of nitrogens with zero attached hydrogens (tertiary/aromatic N) is 1. The molecule has 0 aliphatic rings. The van der Waals surface area contributed by atoms with E-state index in [2.05, 4.69) is 11.9 Å². The molecule has 0 aliphatic heterocycles. The number of rotatable bonds is 5. The molecule has 0 aliphatic carbocycles. The molecule has 0 bridgehead atoms. The van der Waals surface area contributed by atoms with Gasteiger partial charge >= 0.3 is 0 Å². The van der Waals surface area contributed by atoms with Crippen LogP contribution in [-0.4, -0.2) is 18.2 Å². The summed E-state index contributed by atoms with van der Waals surface area (Å²) in [4.78, 5) is 3.94. The molecule has 1 rings (SSSR count). The Kier molecular flexibility index (Phi) is 4.39. The van der Waals surface area contributed by atoms with Crippen molar-refractivity contribution in [2.75, 3.05) is 13.2 Å². The van der Waals surface area contributed by atoms with E-state index in [9.17, 15) is 0 Å². The summed E-state index contributed by atoms with van der Waals surface area (Å²) in [7, 11) is 0. The minimum Gasteiger partial charge on any atom is -0.381 e. The van der Waals surface area contributed by atoms with Crippen molar-refractivity contribution >= 4 is 0 Å². The van der Waals surface area contributed by atoms with Gasteiger partial charge in [-0.15, -0.1) is 0 Å². The number of pyridine rings is 1. The first kappa shape index (κ1) is 9.20. The fourth-order valence-corrected chi connectivity index (χ4v) is 0.944. The van der Waals surface area contributed by atoms with Gasteiger partial charge in [0.1, 0.15) is 0 Å². The third kappa shape index (κ3) is 3.49. The molecule has 0 saturated heterocycles. The third-order valence-corrected chi connectivity index (χ3v) is 1.57. The Morgan fingerprint density at radius 3 is 2.67 bits per heavy atom. The van der Waals surface area contributed by atoms with E-state index >= 15 is 0 Å². The molecule has 2 heteroatoms. The Balaban J connectivity index is 2.16. The quantitative estimate of drug-likeness (QED) is 0.620. The van der Waals surface area contributed by atoms with Crippen LogP contribution in [0.3, 0.4) is 0 Å². The highest BCUT2D eigenvalue weighted by atomic mass is 16.5. The van der Waals surface area contributed by atoms with Crippen LogP contribution in [0.1, 0.15) is 12.0 Å². The summed E-state index contributed by atoms with van der Waals surface area (Å²) in [5, 5.41) is 0. The minimum atomic E-state index is 0.755. The normalized spacial score (nSPS) is 10.1. The van der Waals surface area contributed by atoms with Gasteiger partial charge in [-0.05, 0) is 30.5 Å². The van der Waals surface area contributed by atoms with Gasteiger partial charge in [-0.3, -0.25) is 4.98 Å². The maximum absolute atomic E-state index is 5.30. The summed E-state index contributed by atoms with van der Waals surface area (Å²) in [6.45, 7) is 5.23. The predicted octanol–water partition coefficient (Wildman–Crippen LogP) is 1.86. The molecule has 0 spiro atoms. The van der Waals surface area contributed by atoms with Gasteiger partial charge in [0.25, 0.3) is 0 Å². The van der Waals surface area contributed by atoms with Gasteiger partial charge in [0.2, 0.25) is 0 Å². The second-order valence-electron chi connectivity index (χ2n) is 2.57. The molecule has 0 unspecified atom stereocenters. The molecule has 65 valence electrons. The van der Waals surface area contributed by atoms with Gasteiger partial charge in [-0.25, -0.2) is 0 Å². The Hall–Kier alpha value is -0.890. The zero-order chi connectivity index (χ0) is 8.65. The molecule has 1 aromatic rings. The highest BCUT2D eigenvalue weighted by Gasteiger charge is 1.90. The van der Waals surface area contributed by atoms with Crippen LogP contribution in [0.15, 0.2) is 24.5 Å². The average Bonchev–Trinajstić information content (AvgIpc) is 2.14. The van der Waals surface area contributed by atoms with Gasteiger partial charge < -0.3 is 4.74 Å². The molecular weight excluding hydrogens is 150 g/mol. The van der Waals surface area contributed by atoms with Crippen molar-refractivity contribution in [2.24, 2.45) is 0 Å². The molecule has 12 heavy (non-hydrogen) atoms. The number of hydrogen-bond donors (Lipinski definition) is 0. The Bertz CT molecular complexity index is 198. The molecule has 1 heterocycles. The van der Waals surface area contributed by atoms with Gasteiger partial charge in [-0.1, -0.05) is 6.92 Å². The van der Waals surface area contributed by atoms with E-state index in [1.54, 1.807) is 12.4 Å². The molecule has 0 saturated carbocycles. The van der Waals surface area contributed by atoms with Crippen LogP contribution >= 0.6 is 0 Å². The number of hydrogen-bond acceptors (Lipinski definition) is 2. The summed E-state index contributed by atoms with van der Waals surface area (Å²) >= 11 is 0. The van der Waals surface area contributed by atoms with Crippen molar-refractivity contribution in [3.63, 3.8) is 0 Å². The summed E-state index contributed by atoms with van der Waals surface area (Å²) in [5.41, 5.74) is 1.27.